The quantitative estimate of drug-likeness (QED) is 0.547. The van der Waals surface area contributed by atoms with Crippen molar-refractivity contribution in [1.29, 1.82) is 0 Å². The molecular formula is C15H23N3O5. The number of esters is 1. The van der Waals surface area contributed by atoms with Gasteiger partial charge in [-0.05, 0) is 33.1 Å². The van der Waals surface area contributed by atoms with E-state index in [9.17, 15) is 19.2 Å². The van der Waals surface area contributed by atoms with E-state index in [1.54, 1.807) is 13.8 Å². The van der Waals surface area contributed by atoms with Gasteiger partial charge in [0, 0.05) is 26.2 Å². The maximum absolute atomic E-state index is 12.7. The average molecular weight is 325 g/mol. The molecule has 2 fully saturated rings. The fraction of sp³-hybridized carbons (Fsp3) is 0.733. The smallest absolute Gasteiger partial charge is 0.328 e. The number of piperazine rings is 1. The van der Waals surface area contributed by atoms with Crippen molar-refractivity contribution in [3.05, 3.63) is 0 Å². The number of carbonyl (C=O) groups excluding carboxylic acids is 4. The van der Waals surface area contributed by atoms with Crippen LogP contribution in [0.1, 0.15) is 33.1 Å². The van der Waals surface area contributed by atoms with E-state index in [0.717, 1.165) is 17.7 Å². The van der Waals surface area contributed by atoms with E-state index in [1.807, 2.05) is 0 Å². The van der Waals surface area contributed by atoms with Crippen LogP contribution >= 0.6 is 0 Å². The van der Waals surface area contributed by atoms with E-state index < -0.39 is 29.9 Å². The van der Waals surface area contributed by atoms with Gasteiger partial charge in [0.25, 0.3) is 0 Å². The Balaban J connectivity index is 2.12. The van der Waals surface area contributed by atoms with Crippen LogP contribution in [0.15, 0.2) is 0 Å². The molecule has 8 heteroatoms. The lowest BCUT2D eigenvalue weighted by molar-refractivity contribution is -0.155. The molecule has 4 amide bonds. The van der Waals surface area contributed by atoms with Gasteiger partial charge >= 0.3 is 23.8 Å². The third-order valence-corrected chi connectivity index (χ3v) is 4.23. The lowest BCUT2D eigenvalue weighted by atomic mass is 10.0. The molecule has 0 radical (unpaired) electrons. The number of ether oxygens (including phenoxy) is 1. The summed E-state index contributed by atoms with van der Waals surface area (Å²) >= 11 is 0. The zero-order valence-corrected chi connectivity index (χ0v) is 13.6. The molecule has 2 aliphatic rings. The molecule has 1 atom stereocenters. The molecule has 2 saturated heterocycles. The number of hydrogen-bond donors (Lipinski definition) is 0. The van der Waals surface area contributed by atoms with Crippen LogP contribution in [0.2, 0.25) is 0 Å². The lowest BCUT2D eigenvalue weighted by Gasteiger charge is -2.39. The molecule has 0 aliphatic carbocycles. The lowest BCUT2D eigenvalue weighted by Crippen LogP contribution is -2.61. The normalized spacial score (nSPS) is 22.3. The highest BCUT2D eigenvalue weighted by molar-refractivity contribution is 6.38. The van der Waals surface area contributed by atoms with Crippen LogP contribution in [0.4, 0.5) is 4.79 Å². The largest absolute Gasteiger partial charge is 0.464 e. The maximum Gasteiger partial charge on any atom is 0.328 e. The van der Waals surface area contributed by atoms with Gasteiger partial charge in [-0.15, -0.1) is 0 Å². The minimum Gasteiger partial charge on any atom is -0.464 e. The van der Waals surface area contributed by atoms with Crippen LogP contribution in [0.5, 0.6) is 0 Å². The summed E-state index contributed by atoms with van der Waals surface area (Å²) in [4.78, 5) is 52.5. The third kappa shape index (κ3) is 3.46. The highest BCUT2D eigenvalue weighted by Crippen LogP contribution is 2.21. The number of imide groups is 1. The minimum absolute atomic E-state index is 0.156. The third-order valence-electron chi connectivity index (χ3n) is 4.23. The minimum atomic E-state index is -0.823. The van der Waals surface area contributed by atoms with Crippen LogP contribution in [0.3, 0.4) is 0 Å². The Kier molecular flexibility index (Phi) is 5.57. The number of likely N-dealkylation sites (N-methyl/N-ethyl adjacent to an activating group) is 1. The van der Waals surface area contributed by atoms with Crippen molar-refractivity contribution in [2.75, 3.05) is 32.8 Å². The van der Waals surface area contributed by atoms with E-state index in [0.29, 0.717) is 26.1 Å². The van der Waals surface area contributed by atoms with Gasteiger partial charge in [0.1, 0.15) is 6.04 Å². The Morgan fingerprint density at radius 3 is 2.48 bits per heavy atom. The predicted octanol–water partition coefficient (Wildman–Crippen LogP) is 0.215. The van der Waals surface area contributed by atoms with E-state index >= 15 is 0 Å². The first-order valence-corrected chi connectivity index (χ1v) is 8.09. The van der Waals surface area contributed by atoms with Crippen molar-refractivity contribution in [2.45, 2.75) is 39.2 Å². The Morgan fingerprint density at radius 1 is 1.09 bits per heavy atom. The Bertz CT molecular complexity index is 507. The summed E-state index contributed by atoms with van der Waals surface area (Å²) in [7, 11) is 0. The van der Waals surface area contributed by atoms with Gasteiger partial charge in [-0.2, -0.15) is 0 Å². The van der Waals surface area contributed by atoms with Gasteiger partial charge < -0.3 is 14.5 Å². The Morgan fingerprint density at radius 2 is 1.83 bits per heavy atom. The Hall–Kier alpha value is -2.12. The van der Waals surface area contributed by atoms with Crippen molar-refractivity contribution >= 4 is 23.8 Å². The first kappa shape index (κ1) is 17.2. The molecule has 0 aromatic carbocycles. The number of likely N-dealkylation sites (tertiary alicyclic amines) is 1. The molecule has 0 spiro atoms. The van der Waals surface area contributed by atoms with Crippen molar-refractivity contribution in [1.82, 2.24) is 14.7 Å². The number of nitrogens with zero attached hydrogens (tertiary/aromatic N) is 3. The summed E-state index contributed by atoms with van der Waals surface area (Å²) in [5.74, 6) is -1.94. The van der Waals surface area contributed by atoms with Gasteiger partial charge in [0.15, 0.2) is 0 Å². The summed E-state index contributed by atoms with van der Waals surface area (Å²) in [5.41, 5.74) is 0. The molecule has 0 aromatic heterocycles. The highest BCUT2D eigenvalue weighted by atomic mass is 16.5. The van der Waals surface area contributed by atoms with Crippen LogP contribution < -0.4 is 0 Å². The van der Waals surface area contributed by atoms with E-state index in [4.69, 9.17) is 4.74 Å². The van der Waals surface area contributed by atoms with E-state index in [-0.39, 0.29) is 13.2 Å². The van der Waals surface area contributed by atoms with Crippen LogP contribution in [-0.2, 0) is 19.1 Å². The molecule has 8 nitrogen and oxygen atoms in total. The number of amides is 4. The van der Waals surface area contributed by atoms with Gasteiger partial charge in [-0.1, -0.05) is 0 Å². The molecule has 0 aromatic rings. The molecule has 2 aliphatic heterocycles. The maximum atomic E-state index is 12.7. The van der Waals surface area contributed by atoms with Crippen molar-refractivity contribution in [3.8, 4) is 0 Å². The number of rotatable bonds is 3. The molecule has 0 unspecified atom stereocenters. The number of piperidine rings is 1. The SMILES string of the molecule is CCOC(=O)[C@@H]1CCCCN1C(=O)N1CCN(CC)C(=O)C1=O. The Labute approximate surface area is 135 Å². The molecule has 23 heavy (non-hydrogen) atoms. The van der Waals surface area contributed by atoms with E-state index in [2.05, 4.69) is 0 Å². The molecule has 0 bridgehead atoms. The zero-order chi connectivity index (χ0) is 17.0. The van der Waals surface area contributed by atoms with Gasteiger partial charge in [0.2, 0.25) is 0 Å². The highest BCUT2D eigenvalue weighted by Gasteiger charge is 2.41. The van der Waals surface area contributed by atoms with Crippen molar-refractivity contribution in [3.63, 3.8) is 0 Å². The standard InChI is InChI=1S/C15H23N3O5/c1-3-16-9-10-18(13(20)12(16)19)15(22)17-8-6-5-7-11(17)14(21)23-4-2/h11H,3-10H2,1-2H3/t11-/m0/s1. The number of hydrogen-bond acceptors (Lipinski definition) is 5. The van der Waals surface area contributed by atoms with Crippen LogP contribution in [0, 0.1) is 0 Å². The summed E-state index contributed by atoms with van der Waals surface area (Å²) in [6.45, 7) is 5.03. The summed E-state index contributed by atoms with van der Waals surface area (Å²) in [6, 6.07) is -1.25. The molecular weight excluding hydrogens is 302 g/mol. The monoisotopic (exact) mass is 325 g/mol. The second-order valence-corrected chi connectivity index (χ2v) is 5.58. The second-order valence-electron chi connectivity index (χ2n) is 5.58. The molecule has 2 rings (SSSR count). The van der Waals surface area contributed by atoms with Crippen molar-refractivity contribution in [2.24, 2.45) is 0 Å². The van der Waals surface area contributed by atoms with Crippen LogP contribution in [-0.4, -0.2) is 77.3 Å². The summed E-state index contributed by atoms with van der Waals surface area (Å²) in [5, 5.41) is 0. The topological polar surface area (TPSA) is 87.2 Å². The zero-order valence-electron chi connectivity index (χ0n) is 13.6. The summed E-state index contributed by atoms with van der Waals surface area (Å²) in [6.07, 6.45) is 2.10. The van der Waals surface area contributed by atoms with Gasteiger partial charge in [0.05, 0.1) is 6.61 Å². The van der Waals surface area contributed by atoms with Gasteiger partial charge in [-0.25, -0.2) is 9.59 Å². The fourth-order valence-corrected chi connectivity index (χ4v) is 2.96. The first-order chi connectivity index (χ1) is 11.0. The first-order valence-electron chi connectivity index (χ1n) is 8.09. The number of carbonyl (C=O) groups is 4. The molecule has 0 N–H and O–H groups in total. The molecule has 0 saturated carbocycles. The molecule has 128 valence electrons. The van der Waals surface area contributed by atoms with Crippen molar-refractivity contribution < 1.29 is 23.9 Å². The van der Waals surface area contributed by atoms with E-state index in [1.165, 1.54) is 9.80 Å². The molecule has 2 heterocycles. The average Bonchev–Trinajstić information content (AvgIpc) is 2.57. The summed E-state index contributed by atoms with van der Waals surface area (Å²) < 4.78 is 5.02. The van der Waals surface area contributed by atoms with Crippen LogP contribution in [0.25, 0.3) is 0 Å². The van der Waals surface area contributed by atoms with Gasteiger partial charge in [-0.3, -0.25) is 14.5 Å². The second kappa shape index (κ2) is 7.43. The predicted molar refractivity (Wildman–Crippen MR) is 80.3 cm³/mol. The number of urea groups is 1. The fourth-order valence-electron chi connectivity index (χ4n) is 2.96.